The molecule has 1 aliphatic rings. The molecule has 2 rings (SSSR count). The maximum absolute atomic E-state index is 11.9. The first-order valence-corrected chi connectivity index (χ1v) is 8.10. The van der Waals surface area contributed by atoms with E-state index in [1.165, 1.54) is 12.1 Å². The molecular weight excluding hydrogens is 282 g/mol. The number of hydrogen-bond acceptors (Lipinski definition) is 6. The van der Waals surface area contributed by atoms with Crippen LogP contribution in [0.3, 0.4) is 0 Å². The Morgan fingerprint density at radius 2 is 1.80 bits per heavy atom. The molecule has 1 heterocycles. The lowest BCUT2D eigenvalue weighted by molar-refractivity contribution is -0.385. The number of nitro benzene ring substituents is 1. The summed E-state index contributed by atoms with van der Waals surface area (Å²) in [5, 5.41) is 10.8. The molecule has 7 nitrogen and oxygen atoms in total. The summed E-state index contributed by atoms with van der Waals surface area (Å²) in [4.78, 5) is 14.4. The molecule has 0 saturated carbocycles. The molecule has 0 atom stereocenters. The Kier molecular flexibility index (Phi) is 3.96. The summed E-state index contributed by atoms with van der Waals surface area (Å²) < 4.78 is 23.8. The van der Waals surface area contributed by atoms with E-state index >= 15 is 0 Å². The second kappa shape index (κ2) is 5.37. The zero-order valence-corrected chi connectivity index (χ0v) is 12.3. The van der Waals surface area contributed by atoms with Crippen LogP contribution in [0.1, 0.15) is 0 Å². The van der Waals surface area contributed by atoms with Crippen molar-refractivity contribution in [2.24, 2.45) is 0 Å². The molecule has 0 amide bonds. The number of benzene rings is 1. The Morgan fingerprint density at radius 3 is 2.30 bits per heavy atom. The third-order valence-corrected chi connectivity index (χ3v) is 4.52. The van der Waals surface area contributed by atoms with Crippen LogP contribution < -0.4 is 4.90 Å². The summed E-state index contributed by atoms with van der Waals surface area (Å²) >= 11 is 0. The molecule has 0 spiro atoms. The SMILES string of the molecule is CN1CCN(c2ccc([N+](=O)[O-])cc2S(C)(=O)=O)CC1. The van der Waals surface area contributed by atoms with Crippen molar-refractivity contribution in [1.82, 2.24) is 4.90 Å². The van der Waals surface area contributed by atoms with Gasteiger partial charge in [0.1, 0.15) is 0 Å². The van der Waals surface area contributed by atoms with Crippen molar-refractivity contribution in [3.63, 3.8) is 0 Å². The van der Waals surface area contributed by atoms with Crippen LogP contribution in [-0.2, 0) is 9.84 Å². The molecule has 8 heteroatoms. The van der Waals surface area contributed by atoms with Crippen LogP contribution in [0, 0.1) is 10.1 Å². The zero-order valence-electron chi connectivity index (χ0n) is 11.4. The van der Waals surface area contributed by atoms with Crippen molar-refractivity contribution in [2.75, 3.05) is 44.4 Å². The van der Waals surface area contributed by atoms with Gasteiger partial charge in [0.25, 0.3) is 5.69 Å². The van der Waals surface area contributed by atoms with Gasteiger partial charge in [-0.2, -0.15) is 0 Å². The highest BCUT2D eigenvalue weighted by Gasteiger charge is 2.23. The summed E-state index contributed by atoms with van der Waals surface area (Å²) in [7, 11) is -1.51. The van der Waals surface area contributed by atoms with E-state index < -0.39 is 14.8 Å². The second-order valence-electron chi connectivity index (χ2n) is 4.97. The van der Waals surface area contributed by atoms with Gasteiger partial charge in [-0.3, -0.25) is 10.1 Å². The van der Waals surface area contributed by atoms with Crippen LogP contribution >= 0.6 is 0 Å². The van der Waals surface area contributed by atoms with Gasteiger partial charge in [-0.05, 0) is 13.1 Å². The molecule has 0 bridgehead atoms. The molecule has 1 aromatic rings. The maximum atomic E-state index is 11.9. The fraction of sp³-hybridized carbons (Fsp3) is 0.500. The van der Waals surface area contributed by atoms with E-state index in [0.717, 1.165) is 25.4 Å². The Balaban J connectivity index is 2.45. The van der Waals surface area contributed by atoms with Gasteiger partial charge in [-0.15, -0.1) is 0 Å². The van der Waals surface area contributed by atoms with E-state index in [1.54, 1.807) is 0 Å². The van der Waals surface area contributed by atoms with E-state index in [-0.39, 0.29) is 10.6 Å². The number of likely N-dealkylation sites (N-methyl/N-ethyl adjacent to an activating group) is 1. The van der Waals surface area contributed by atoms with Gasteiger partial charge in [0, 0.05) is 44.6 Å². The molecule has 1 aliphatic heterocycles. The lowest BCUT2D eigenvalue weighted by atomic mass is 10.2. The minimum Gasteiger partial charge on any atom is -0.368 e. The van der Waals surface area contributed by atoms with Crippen LogP contribution in [-0.4, -0.2) is 57.7 Å². The monoisotopic (exact) mass is 299 g/mol. The second-order valence-corrected chi connectivity index (χ2v) is 6.96. The first kappa shape index (κ1) is 14.7. The average molecular weight is 299 g/mol. The lowest BCUT2D eigenvalue weighted by Crippen LogP contribution is -2.44. The number of sulfone groups is 1. The van der Waals surface area contributed by atoms with E-state index in [4.69, 9.17) is 0 Å². The molecule has 0 N–H and O–H groups in total. The predicted octanol–water partition coefficient (Wildman–Crippen LogP) is 0.750. The molecule has 1 saturated heterocycles. The number of non-ortho nitro benzene ring substituents is 1. The van der Waals surface area contributed by atoms with Crippen molar-refractivity contribution in [2.45, 2.75) is 4.90 Å². The van der Waals surface area contributed by atoms with Gasteiger partial charge in [-0.25, -0.2) is 8.42 Å². The van der Waals surface area contributed by atoms with E-state index in [2.05, 4.69) is 4.90 Å². The van der Waals surface area contributed by atoms with Gasteiger partial charge >= 0.3 is 0 Å². The number of piperazine rings is 1. The maximum Gasteiger partial charge on any atom is 0.270 e. The minimum absolute atomic E-state index is 0.0243. The quantitative estimate of drug-likeness (QED) is 0.605. The lowest BCUT2D eigenvalue weighted by Gasteiger charge is -2.34. The molecule has 110 valence electrons. The average Bonchev–Trinajstić information content (AvgIpc) is 2.38. The summed E-state index contributed by atoms with van der Waals surface area (Å²) in [5.41, 5.74) is 0.342. The van der Waals surface area contributed by atoms with Crippen LogP contribution in [0.5, 0.6) is 0 Å². The minimum atomic E-state index is -3.51. The topological polar surface area (TPSA) is 83.8 Å². The number of nitro groups is 1. The highest BCUT2D eigenvalue weighted by molar-refractivity contribution is 7.90. The molecule has 0 aliphatic carbocycles. The molecule has 20 heavy (non-hydrogen) atoms. The fourth-order valence-corrected chi connectivity index (χ4v) is 3.13. The number of nitrogens with zero attached hydrogens (tertiary/aromatic N) is 3. The summed E-state index contributed by atoms with van der Waals surface area (Å²) in [5.74, 6) is 0. The van der Waals surface area contributed by atoms with Gasteiger partial charge < -0.3 is 9.80 Å². The standard InChI is InChI=1S/C12H17N3O4S/c1-13-5-7-14(8-6-13)11-4-3-10(15(16)17)9-12(11)20(2,18)19/h3-4,9H,5-8H2,1-2H3. The zero-order chi connectivity index (χ0) is 14.9. The number of hydrogen-bond donors (Lipinski definition) is 0. The van der Waals surface area contributed by atoms with Gasteiger partial charge in [0.15, 0.2) is 9.84 Å². The molecule has 1 aromatic carbocycles. The molecule has 0 unspecified atom stereocenters. The third-order valence-electron chi connectivity index (χ3n) is 3.40. The largest absolute Gasteiger partial charge is 0.368 e. The Bertz CT molecular complexity index is 622. The Morgan fingerprint density at radius 1 is 1.20 bits per heavy atom. The van der Waals surface area contributed by atoms with Crippen molar-refractivity contribution >= 4 is 21.2 Å². The summed E-state index contributed by atoms with van der Waals surface area (Å²) in [6.45, 7) is 3.08. The van der Waals surface area contributed by atoms with E-state index in [9.17, 15) is 18.5 Å². The first-order chi connectivity index (χ1) is 9.29. The van der Waals surface area contributed by atoms with Crippen LogP contribution in [0.2, 0.25) is 0 Å². The van der Waals surface area contributed by atoms with Crippen molar-refractivity contribution in [1.29, 1.82) is 0 Å². The third kappa shape index (κ3) is 3.07. The molecular formula is C12H17N3O4S. The first-order valence-electron chi connectivity index (χ1n) is 6.21. The Hall–Kier alpha value is -1.67. The molecule has 1 fully saturated rings. The van der Waals surface area contributed by atoms with Crippen molar-refractivity contribution < 1.29 is 13.3 Å². The van der Waals surface area contributed by atoms with E-state index in [0.29, 0.717) is 18.8 Å². The highest BCUT2D eigenvalue weighted by atomic mass is 32.2. The van der Waals surface area contributed by atoms with Gasteiger partial charge in [-0.1, -0.05) is 0 Å². The smallest absolute Gasteiger partial charge is 0.270 e. The van der Waals surface area contributed by atoms with Crippen LogP contribution in [0.25, 0.3) is 0 Å². The molecule has 0 aromatic heterocycles. The van der Waals surface area contributed by atoms with Crippen LogP contribution in [0.15, 0.2) is 23.1 Å². The van der Waals surface area contributed by atoms with Gasteiger partial charge in [0.2, 0.25) is 0 Å². The van der Waals surface area contributed by atoms with Crippen molar-refractivity contribution in [3.8, 4) is 0 Å². The van der Waals surface area contributed by atoms with Crippen molar-refractivity contribution in [3.05, 3.63) is 28.3 Å². The van der Waals surface area contributed by atoms with Crippen LogP contribution in [0.4, 0.5) is 11.4 Å². The normalized spacial score (nSPS) is 17.2. The highest BCUT2D eigenvalue weighted by Crippen LogP contribution is 2.30. The Labute approximate surface area is 117 Å². The number of anilines is 1. The molecule has 0 radical (unpaired) electrons. The summed E-state index contributed by atoms with van der Waals surface area (Å²) in [6, 6.07) is 4.02. The fourth-order valence-electron chi connectivity index (χ4n) is 2.22. The number of rotatable bonds is 3. The van der Waals surface area contributed by atoms with E-state index in [1.807, 2.05) is 11.9 Å². The predicted molar refractivity (Wildman–Crippen MR) is 75.9 cm³/mol. The van der Waals surface area contributed by atoms with Gasteiger partial charge in [0.05, 0.1) is 15.5 Å². The summed E-state index contributed by atoms with van der Waals surface area (Å²) in [6.07, 6.45) is 1.08.